The third kappa shape index (κ3) is 6.24. The number of nitrogens with one attached hydrogen (secondary N) is 1. The second kappa shape index (κ2) is 9.23. The van der Waals surface area contributed by atoms with Crippen LogP contribution in [0.1, 0.15) is 36.2 Å². The summed E-state index contributed by atoms with van der Waals surface area (Å²) in [6.45, 7) is 3.26. The van der Waals surface area contributed by atoms with E-state index in [0.717, 1.165) is 12.8 Å². The summed E-state index contributed by atoms with van der Waals surface area (Å²) < 4.78 is 5.49. The summed E-state index contributed by atoms with van der Waals surface area (Å²) in [5, 5.41) is 3.36. The predicted octanol–water partition coefficient (Wildman–Crippen LogP) is 4.06. The van der Waals surface area contributed by atoms with Gasteiger partial charge in [0.15, 0.2) is 12.4 Å². The van der Waals surface area contributed by atoms with E-state index in [2.05, 4.69) is 17.4 Å². The number of hydrogen-bond acceptors (Lipinski definition) is 3. The normalized spacial score (nSPS) is 11.6. The molecule has 0 aliphatic heterocycles. The summed E-state index contributed by atoms with van der Waals surface area (Å²) in [5.74, 6) is -0.0110. The number of rotatable bonds is 8. The van der Waals surface area contributed by atoms with Crippen LogP contribution in [0.4, 0.5) is 0 Å². The topological polar surface area (TPSA) is 55.4 Å². The molecule has 5 heteroatoms. The van der Waals surface area contributed by atoms with Gasteiger partial charge in [0, 0.05) is 11.1 Å². The van der Waals surface area contributed by atoms with Crippen molar-refractivity contribution in [2.45, 2.75) is 32.7 Å². The number of carbonyl (C=O) groups is 2. The zero-order valence-corrected chi connectivity index (χ0v) is 15.2. The van der Waals surface area contributed by atoms with Gasteiger partial charge in [0.1, 0.15) is 5.75 Å². The lowest BCUT2D eigenvalue weighted by Crippen LogP contribution is -2.36. The number of amides is 1. The molecule has 0 saturated heterocycles. The molecule has 0 unspecified atom stereocenters. The van der Waals surface area contributed by atoms with Crippen molar-refractivity contribution in [3.8, 4) is 5.75 Å². The Kier molecular flexibility index (Phi) is 7.02. The van der Waals surface area contributed by atoms with E-state index in [0.29, 0.717) is 16.3 Å². The van der Waals surface area contributed by atoms with Gasteiger partial charge in [-0.2, -0.15) is 0 Å². The van der Waals surface area contributed by atoms with E-state index < -0.39 is 0 Å². The molecule has 1 amide bonds. The molecule has 0 bridgehead atoms. The van der Waals surface area contributed by atoms with Crippen LogP contribution in [0.3, 0.4) is 0 Å². The first kappa shape index (κ1) is 19.0. The third-order valence-corrected chi connectivity index (χ3v) is 4.03. The van der Waals surface area contributed by atoms with Crippen molar-refractivity contribution < 1.29 is 14.3 Å². The maximum atomic E-state index is 12.0. The van der Waals surface area contributed by atoms with Gasteiger partial charge in [0.05, 0.1) is 5.56 Å². The summed E-state index contributed by atoms with van der Waals surface area (Å²) in [6, 6.07) is 14.9. The van der Waals surface area contributed by atoms with Crippen molar-refractivity contribution in [2.24, 2.45) is 0 Å². The summed E-state index contributed by atoms with van der Waals surface area (Å²) in [7, 11) is 0. The number of benzene rings is 2. The first-order chi connectivity index (χ1) is 12.0. The molecule has 0 radical (unpaired) electrons. The van der Waals surface area contributed by atoms with E-state index in [1.807, 2.05) is 25.1 Å². The maximum Gasteiger partial charge on any atom is 0.258 e. The molecule has 0 aromatic heterocycles. The molecule has 132 valence electrons. The zero-order valence-electron chi connectivity index (χ0n) is 14.4. The van der Waals surface area contributed by atoms with Gasteiger partial charge in [-0.05, 0) is 50.5 Å². The van der Waals surface area contributed by atoms with Crippen LogP contribution in [0.5, 0.6) is 5.75 Å². The first-order valence-electron chi connectivity index (χ1n) is 8.22. The molecule has 2 rings (SSSR count). The Balaban J connectivity index is 1.81. The van der Waals surface area contributed by atoms with Crippen molar-refractivity contribution in [1.29, 1.82) is 0 Å². The molecule has 4 nitrogen and oxygen atoms in total. The van der Waals surface area contributed by atoms with Gasteiger partial charge >= 0.3 is 0 Å². The van der Waals surface area contributed by atoms with E-state index in [9.17, 15) is 9.59 Å². The Morgan fingerprint density at radius 1 is 1.16 bits per heavy atom. The smallest absolute Gasteiger partial charge is 0.258 e. The van der Waals surface area contributed by atoms with Crippen LogP contribution >= 0.6 is 11.6 Å². The average molecular weight is 360 g/mol. The highest BCUT2D eigenvalue weighted by Crippen LogP contribution is 2.23. The molecule has 2 aromatic carbocycles. The summed E-state index contributed by atoms with van der Waals surface area (Å²) >= 11 is 5.89. The number of halogens is 1. The minimum Gasteiger partial charge on any atom is -0.483 e. The largest absolute Gasteiger partial charge is 0.483 e. The van der Waals surface area contributed by atoms with Gasteiger partial charge in [-0.25, -0.2) is 0 Å². The molecule has 2 aromatic rings. The molecular formula is C20H22ClNO3. The minimum absolute atomic E-state index is 0.0359. The lowest BCUT2D eigenvalue weighted by molar-refractivity contribution is -0.123. The van der Waals surface area contributed by atoms with E-state index in [1.54, 1.807) is 18.2 Å². The fourth-order valence-electron chi connectivity index (χ4n) is 2.46. The Morgan fingerprint density at radius 2 is 1.88 bits per heavy atom. The lowest BCUT2D eigenvalue weighted by atomic mass is 10.1. The fraction of sp³-hybridized carbons (Fsp3) is 0.300. The zero-order chi connectivity index (χ0) is 18.2. The van der Waals surface area contributed by atoms with Crippen molar-refractivity contribution >= 4 is 23.3 Å². The van der Waals surface area contributed by atoms with Crippen LogP contribution in [0, 0.1) is 0 Å². The first-order valence-corrected chi connectivity index (χ1v) is 8.60. The number of aryl methyl sites for hydroxylation is 1. The monoisotopic (exact) mass is 359 g/mol. The summed E-state index contributed by atoms with van der Waals surface area (Å²) in [5.41, 5.74) is 1.62. The van der Waals surface area contributed by atoms with E-state index >= 15 is 0 Å². The van der Waals surface area contributed by atoms with Crippen molar-refractivity contribution in [3.63, 3.8) is 0 Å². The van der Waals surface area contributed by atoms with Crippen molar-refractivity contribution in [1.82, 2.24) is 5.32 Å². The van der Waals surface area contributed by atoms with Gasteiger partial charge in [-0.3, -0.25) is 9.59 Å². The predicted molar refractivity (Wildman–Crippen MR) is 99.3 cm³/mol. The molecule has 0 heterocycles. The third-order valence-electron chi connectivity index (χ3n) is 3.80. The Bertz CT molecular complexity index is 731. The quantitative estimate of drug-likeness (QED) is 0.723. The SMILES string of the molecule is CC(=O)c1cc(Cl)ccc1OCC(=O)N[C@H](C)CCc1ccccc1. The van der Waals surface area contributed by atoms with Crippen LogP contribution in [0.25, 0.3) is 0 Å². The molecular weight excluding hydrogens is 338 g/mol. The van der Waals surface area contributed by atoms with E-state index in [-0.39, 0.29) is 24.3 Å². The molecule has 25 heavy (non-hydrogen) atoms. The van der Waals surface area contributed by atoms with Crippen LogP contribution in [0.2, 0.25) is 5.02 Å². The van der Waals surface area contributed by atoms with Gasteiger partial charge in [0.2, 0.25) is 0 Å². The van der Waals surface area contributed by atoms with E-state index in [1.165, 1.54) is 12.5 Å². The van der Waals surface area contributed by atoms with Crippen LogP contribution in [0.15, 0.2) is 48.5 Å². The highest BCUT2D eigenvalue weighted by Gasteiger charge is 2.12. The van der Waals surface area contributed by atoms with Crippen molar-refractivity contribution in [2.75, 3.05) is 6.61 Å². The molecule has 0 saturated carbocycles. The van der Waals surface area contributed by atoms with Crippen LogP contribution in [-0.2, 0) is 11.2 Å². The van der Waals surface area contributed by atoms with E-state index in [4.69, 9.17) is 16.3 Å². The van der Waals surface area contributed by atoms with Gasteiger partial charge < -0.3 is 10.1 Å². The number of Topliss-reactive ketones (excluding diaryl/α,β-unsaturated/α-hetero) is 1. The maximum absolute atomic E-state index is 12.0. The van der Waals surface area contributed by atoms with Gasteiger partial charge in [-0.1, -0.05) is 41.9 Å². The highest BCUT2D eigenvalue weighted by molar-refractivity contribution is 6.31. The Hall–Kier alpha value is -2.33. The number of ether oxygens (including phenoxy) is 1. The molecule has 0 fully saturated rings. The summed E-state index contributed by atoms with van der Waals surface area (Å²) in [4.78, 5) is 23.7. The summed E-state index contributed by atoms with van der Waals surface area (Å²) in [6.07, 6.45) is 1.74. The number of carbonyl (C=O) groups excluding carboxylic acids is 2. The number of ketones is 1. The molecule has 1 atom stereocenters. The van der Waals surface area contributed by atoms with Gasteiger partial charge in [-0.15, -0.1) is 0 Å². The second-order valence-electron chi connectivity index (χ2n) is 5.98. The average Bonchev–Trinajstić information content (AvgIpc) is 2.59. The lowest BCUT2D eigenvalue weighted by Gasteiger charge is -2.15. The molecule has 1 N–H and O–H groups in total. The molecule has 0 aliphatic rings. The second-order valence-corrected chi connectivity index (χ2v) is 6.41. The molecule has 0 aliphatic carbocycles. The Morgan fingerprint density at radius 3 is 2.56 bits per heavy atom. The Labute approximate surface area is 153 Å². The van der Waals surface area contributed by atoms with Crippen molar-refractivity contribution in [3.05, 3.63) is 64.7 Å². The highest BCUT2D eigenvalue weighted by atomic mass is 35.5. The number of hydrogen-bond donors (Lipinski definition) is 1. The van der Waals surface area contributed by atoms with Crippen LogP contribution < -0.4 is 10.1 Å². The van der Waals surface area contributed by atoms with Crippen LogP contribution in [-0.4, -0.2) is 24.3 Å². The molecule has 0 spiro atoms. The van der Waals surface area contributed by atoms with Gasteiger partial charge in [0.25, 0.3) is 5.91 Å². The fourth-order valence-corrected chi connectivity index (χ4v) is 2.64. The standard InChI is InChI=1S/C20H22ClNO3/c1-14(8-9-16-6-4-3-5-7-16)22-20(24)13-25-19-11-10-17(21)12-18(19)15(2)23/h3-7,10-12,14H,8-9,13H2,1-2H3,(H,22,24)/t14-/m1/s1. The minimum atomic E-state index is -0.218.